The second-order valence-electron chi connectivity index (χ2n) is 12.0. The molecule has 4 saturated carbocycles. The average Bonchev–Trinajstić information content (AvgIpc) is 2.63. The van der Waals surface area contributed by atoms with Gasteiger partial charge in [0.1, 0.15) is 6.04 Å². The maximum absolute atomic E-state index is 14.3. The highest BCUT2D eigenvalue weighted by Gasteiger charge is 3.01. The molecule has 0 aromatic rings. The second-order valence-corrected chi connectivity index (χ2v) is 12.0. The summed E-state index contributed by atoms with van der Waals surface area (Å²) in [6.07, 6.45) is 5.70. The molecular formula is C24H30NO4+. The maximum atomic E-state index is 14.3. The summed E-state index contributed by atoms with van der Waals surface area (Å²) in [5.41, 5.74) is 2.80. The minimum atomic E-state index is -1.03. The zero-order chi connectivity index (χ0) is 20.6. The number of allylic oxidation sites excluding steroid dienone is 2. The smallest absolute Gasteiger partial charge is 0.236 e. The van der Waals surface area contributed by atoms with Gasteiger partial charge in [0.2, 0.25) is 5.79 Å². The Balaban J connectivity index is 1.57. The second kappa shape index (κ2) is 4.09. The first-order valence-corrected chi connectivity index (χ1v) is 11.1. The van der Waals surface area contributed by atoms with Crippen molar-refractivity contribution >= 4 is 11.6 Å². The fourth-order valence-corrected chi connectivity index (χ4v) is 10.4. The molecule has 4 saturated heterocycles. The van der Waals surface area contributed by atoms with Crippen LogP contribution in [0.5, 0.6) is 0 Å². The minimum Gasteiger partial charge on any atom is -0.350 e. The lowest BCUT2D eigenvalue weighted by atomic mass is 9.16. The lowest BCUT2D eigenvalue weighted by Crippen LogP contribution is -3.04. The molecule has 4 aliphatic heterocycles. The number of quaternary nitrogens is 1. The van der Waals surface area contributed by atoms with E-state index in [-0.39, 0.29) is 40.8 Å². The summed E-state index contributed by atoms with van der Waals surface area (Å²) in [4.78, 5) is 27.9. The van der Waals surface area contributed by atoms with Gasteiger partial charge in [-0.3, -0.25) is 9.59 Å². The molecular weight excluding hydrogens is 366 g/mol. The molecule has 9 rings (SSSR count). The predicted octanol–water partition coefficient (Wildman–Crippen LogP) is 1.68. The molecule has 4 bridgehead atoms. The number of Topliss-reactive ketones (excluding diaryl/α,β-unsaturated/α-hetero) is 1. The van der Waals surface area contributed by atoms with Gasteiger partial charge in [-0.2, -0.15) is 0 Å². The third-order valence-electron chi connectivity index (χ3n) is 10.8. The van der Waals surface area contributed by atoms with E-state index in [4.69, 9.17) is 9.47 Å². The van der Waals surface area contributed by atoms with Gasteiger partial charge in [0.25, 0.3) is 0 Å². The fraction of sp³-hybridized carbons (Fsp3) is 0.750. The van der Waals surface area contributed by atoms with Crippen molar-refractivity contribution in [3.8, 4) is 0 Å². The number of hydrogen-bond donors (Lipinski definition) is 1. The average molecular weight is 397 g/mol. The van der Waals surface area contributed by atoms with E-state index in [0.717, 1.165) is 18.4 Å². The lowest BCUT2D eigenvalue weighted by Gasteiger charge is -2.90. The van der Waals surface area contributed by atoms with Gasteiger partial charge in [-0.1, -0.05) is 32.1 Å². The summed E-state index contributed by atoms with van der Waals surface area (Å²) in [5.74, 6) is -0.140. The van der Waals surface area contributed by atoms with Gasteiger partial charge in [0, 0.05) is 11.8 Å². The largest absolute Gasteiger partial charge is 0.350 e. The molecule has 29 heavy (non-hydrogen) atoms. The number of carbonyl (C=O) groups excluding carboxylic acids is 2. The standard InChI is InChI=1S/C24H29NO4/c1-11-12-6-7-13-21-10-28-24(17(25)16(21)19(2,3)9-8-14(21)26)23(13)15(12)22(11,18(23)27)20(4,5)29-24/h8-9,12-13,15-17H,1,6-7,10,25H2,2-5H3/p+1. The van der Waals surface area contributed by atoms with Crippen molar-refractivity contribution in [2.24, 2.45) is 45.3 Å². The summed E-state index contributed by atoms with van der Waals surface area (Å²) in [6.45, 7) is 13.2. The van der Waals surface area contributed by atoms with E-state index in [1.54, 1.807) is 6.08 Å². The van der Waals surface area contributed by atoms with Crippen LogP contribution in [0.3, 0.4) is 0 Å². The highest BCUT2D eigenvalue weighted by molar-refractivity contribution is 6.08. The topological polar surface area (TPSA) is 80.2 Å². The first kappa shape index (κ1) is 17.4. The van der Waals surface area contributed by atoms with E-state index in [9.17, 15) is 9.59 Å². The summed E-state index contributed by atoms with van der Waals surface area (Å²) < 4.78 is 13.5. The minimum absolute atomic E-state index is 0.00778. The highest BCUT2D eigenvalue weighted by atomic mass is 16.7. The maximum Gasteiger partial charge on any atom is 0.236 e. The Morgan fingerprint density at radius 2 is 1.86 bits per heavy atom. The van der Waals surface area contributed by atoms with Crippen LogP contribution < -0.4 is 5.73 Å². The number of fused-ring (bicyclic) bond motifs is 2. The Labute approximate surface area is 171 Å². The van der Waals surface area contributed by atoms with Crippen molar-refractivity contribution < 1.29 is 24.8 Å². The Morgan fingerprint density at radius 1 is 1.14 bits per heavy atom. The lowest BCUT2D eigenvalue weighted by molar-refractivity contribution is -0.607. The molecule has 8 fully saturated rings. The van der Waals surface area contributed by atoms with Gasteiger partial charge in [0.05, 0.1) is 28.5 Å². The van der Waals surface area contributed by atoms with Crippen molar-refractivity contribution in [3.63, 3.8) is 0 Å². The third kappa shape index (κ3) is 1.16. The normalized spacial score (nSPS) is 61.4. The van der Waals surface area contributed by atoms with Crippen molar-refractivity contribution in [3.05, 3.63) is 24.3 Å². The summed E-state index contributed by atoms with van der Waals surface area (Å²) >= 11 is 0. The third-order valence-corrected chi connectivity index (χ3v) is 10.8. The van der Waals surface area contributed by atoms with Crippen LogP contribution in [-0.2, 0) is 19.1 Å². The fourth-order valence-electron chi connectivity index (χ4n) is 10.4. The van der Waals surface area contributed by atoms with Crippen LogP contribution in [0.25, 0.3) is 0 Å². The molecule has 9 unspecified atom stereocenters. The SMILES string of the molecule is C=C1C2CCC3C45COC6(OC(C)(C)C17C(=O)C36C27)C([NH3+])C4C(C)(C)C=CC5=O. The van der Waals surface area contributed by atoms with Gasteiger partial charge in [-0.05, 0) is 50.0 Å². The quantitative estimate of drug-likeness (QED) is 0.632. The molecule has 4 heterocycles. The van der Waals surface area contributed by atoms with Crippen molar-refractivity contribution in [1.29, 1.82) is 0 Å². The molecule has 9 atom stereocenters. The molecule has 154 valence electrons. The molecule has 0 aromatic carbocycles. The van der Waals surface area contributed by atoms with Gasteiger partial charge in [0.15, 0.2) is 11.6 Å². The molecule has 0 aromatic heterocycles. The van der Waals surface area contributed by atoms with Crippen molar-refractivity contribution in [2.45, 2.75) is 58.0 Å². The molecule has 5 aliphatic carbocycles. The molecule has 9 aliphatic rings. The number of ether oxygens (including phenoxy) is 2. The Kier molecular flexibility index (Phi) is 2.45. The summed E-state index contributed by atoms with van der Waals surface area (Å²) in [6, 6.07) is -0.273. The van der Waals surface area contributed by atoms with Crippen LogP contribution in [0.4, 0.5) is 0 Å². The first-order chi connectivity index (χ1) is 13.5. The molecule has 5 heteroatoms. The van der Waals surface area contributed by atoms with Crippen molar-refractivity contribution in [1.82, 2.24) is 0 Å². The number of carbonyl (C=O) groups is 2. The zero-order valence-corrected chi connectivity index (χ0v) is 17.7. The highest BCUT2D eigenvalue weighted by Crippen LogP contribution is 2.91. The Bertz CT molecular complexity index is 995. The molecule has 4 spiro atoms. The molecule has 0 amide bonds. The molecule has 0 radical (unpaired) electrons. The van der Waals surface area contributed by atoms with E-state index < -0.39 is 27.6 Å². The van der Waals surface area contributed by atoms with Crippen LogP contribution in [0.2, 0.25) is 0 Å². The number of ketones is 2. The van der Waals surface area contributed by atoms with Crippen LogP contribution in [0.1, 0.15) is 40.5 Å². The van der Waals surface area contributed by atoms with Crippen LogP contribution in [0.15, 0.2) is 24.3 Å². The van der Waals surface area contributed by atoms with Crippen LogP contribution in [0, 0.1) is 45.3 Å². The monoisotopic (exact) mass is 396 g/mol. The van der Waals surface area contributed by atoms with E-state index in [1.165, 1.54) is 0 Å². The predicted molar refractivity (Wildman–Crippen MR) is 103 cm³/mol. The Morgan fingerprint density at radius 3 is 2.59 bits per heavy atom. The van der Waals surface area contributed by atoms with Gasteiger partial charge >= 0.3 is 0 Å². The van der Waals surface area contributed by atoms with Crippen molar-refractivity contribution in [2.75, 3.05) is 6.61 Å². The van der Waals surface area contributed by atoms with E-state index in [1.807, 2.05) is 19.9 Å². The van der Waals surface area contributed by atoms with E-state index in [2.05, 4.69) is 26.2 Å². The van der Waals surface area contributed by atoms with E-state index >= 15 is 0 Å². The molecule has 5 nitrogen and oxygen atoms in total. The number of rotatable bonds is 0. The van der Waals surface area contributed by atoms with Crippen LogP contribution >= 0.6 is 0 Å². The van der Waals surface area contributed by atoms with Crippen LogP contribution in [-0.4, -0.2) is 35.6 Å². The zero-order valence-electron chi connectivity index (χ0n) is 17.7. The molecule has 3 N–H and O–H groups in total. The Hall–Kier alpha value is -1.30. The number of hydrogen-bond acceptors (Lipinski definition) is 4. The van der Waals surface area contributed by atoms with Gasteiger partial charge in [-0.15, -0.1) is 0 Å². The van der Waals surface area contributed by atoms with Gasteiger partial charge < -0.3 is 15.2 Å². The first-order valence-electron chi connectivity index (χ1n) is 11.1. The summed E-state index contributed by atoms with van der Waals surface area (Å²) in [5, 5.41) is 0. The van der Waals surface area contributed by atoms with E-state index in [0.29, 0.717) is 12.5 Å². The summed E-state index contributed by atoms with van der Waals surface area (Å²) in [7, 11) is 0. The van der Waals surface area contributed by atoms with Gasteiger partial charge in [-0.25, -0.2) is 0 Å².